The molecule has 2 N–H and O–H groups in total. The minimum absolute atomic E-state index is 0.472. The summed E-state index contributed by atoms with van der Waals surface area (Å²) in [7, 11) is 4.21. The molecule has 1 heterocycles. The first-order valence-corrected chi connectivity index (χ1v) is 6.33. The van der Waals surface area contributed by atoms with E-state index in [-0.39, 0.29) is 0 Å². The van der Waals surface area contributed by atoms with Crippen molar-refractivity contribution >= 4 is 11.4 Å². The minimum Gasteiger partial charge on any atom is -0.396 e. The van der Waals surface area contributed by atoms with Gasteiger partial charge < -0.3 is 15.5 Å². The molecule has 1 aliphatic rings. The van der Waals surface area contributed by atoms with Crippen LogP contribution in [0.25, 0.3) is 0 Å². The topological polar surface area (TPSA) is 56.3 Å². The maximum atomic E-state index is 9.02. The smallest absolute Gasteiger partial charge is 0.101 e. The minimum atomic E-state index is 0.472. The van der Waals surface area contributed by atoms with Gasteiger partial charge in [0.15, 0.2) is 0 Å². The van der Waals surface area contributed by atoms with Gasteiger partial charge in [0.05, 0.1) is 16.9 Å². The third-order valence-electron chi connectivity index (χ3n) is 3.73. The summed E-state index contributed by atoms with van der Waals surface area (Å²) < 4.78 is 0. The molecular formula is C14H20N4. The quantitative estimate of drug-likeness (QED) is 0.804. The number of hydrogen-bond donors (Lipinski definition) is 1. The number of hydrogen-bond acceptors (Lipinski definition) is 4. The highest BCUT2D eigenvalue weighted by molar-refractivity contribution is 5.74. The Kier molecular flexibility index (Phi) is 3.73. The summed E-state index contributed by atoms with van der Waals surface area (Å²) in [5, 5.41) is 9.02. The van der Waals surface area contributed by atoms with Crippen LogP contribution in [0.3, 0.4) is 0 Å². The summed E-state index contributed by atoms with van der Waals surface area (Å²) in [5.41, 5.74) is 8.18. The number of nitrogen functional groups attached to an aromatic ring is 1. The second-order valence-electron chi connectivity index (χ2n) is 5.02. The Morgan fingerprint density at radius 2 is 2.28 bits per heavy atom. The molecule has 1 saturated heterocycles. The lowest BCUT2D eigenvalue weighted by Crippen LogP contribution is -2.45. The fourth-order valence-corrected chi connectivity index (χ4v) is 2.61. The van der Waals surface area contributed by atoms with E-state index in [1.807, 2.05) is 12.1 Å². The number of piperidine rings is 1. The summed E-state index contributed by atoms with van der Waals surface area (Å²) in [6.07, 6.45) is 2.39. The van der Waals surface area contributed by atoms with Crippen molar-refractivity contribution in [2.24, 2.45) is 0 Å². The predicted molar refractivity (Wildman–Crippen MR) is 74.5 cm³/mol. The predicted octanol–water partition coefficient (Wildman–Crippen LogP) is 1.67. The van der Waals surface area contributed by atoms with Crippen LogP contribution in [-0.4, -0.2) is 38.1 Å². The van der Waals surface area contributed by atoms with Gasteiger partial charge in [0, 0.05) is 19.6 Å². The number of nitrogens with two attached hydrogens (primary N) is 1. The molecule has 0 saturated carbocycles. The second kappa shape index (κ2) is 5.28. The largest absolute Gasteiger partial charge is 0.396 e. The highest BCUT2D eigenvalue weighted by Crippen LogP contribution is 2.28. The molecule has 1 aliphatic heterocycles. The molecular weight excluding hydrogens is 224 g/mol. The summed E-state index contributed by atoms with van der Waals surface area (Å²) in [6.45, 7) is 2.21. The van der Waals surface area contributed by atoms with Gasteiger partial charge in [-0.05, 0) is 38.6 Å². The molecule has 2 rings (SSSR count). The molecule has 4 nitrogen and oxygen atoms in total. The molecule has 96 valence electrons. The summed E-state index contributed by atoms with van der Waals surface area (Å²) >= 11 is 0. The zero-order chi connectivity index (χ0) is 13.1. The lowest BCUT2D eigenvalue weighted by molar-refractivity contribution is 0.248. The van der Waals surface area contributed by atoms with Gasteiger partial charge in [-0.25, -0.2) is 0 Å². The SMILES string of the molecule is CN1CCCC(N(C)c2cccc(C#N)c2N)C1. The summed E-state index contributed by atoms with van der Waals surface area (Å²) in [6, 6.07) is 8.26. The number of rotatable bonds is 2. The number of likely N-dealkylation sites (N-methyl/N-ethyl adjacent to an activating group) is 2. The average Bonchev–Trinajstić information content (AvgIpc) is 2.38. The number of para-hydroxylation sites is 1. The molecule has 1 aromatic rings. The Balaban J connectivity index is 2.23. The molecule has 0 spiro atoms. The Labute approximate surface area is 109 Å². The molecule has 0 aliphatic carbocycles. The molecule has 1 aromatic carbocycles. The van der Waals surface area contributed by atoms with Gasteiger partial charge in [-0.15, -0.1) is 0 Å². The van der Waals surface area contributed by atoms with Crippen LogP contribution in [0.1, 0.15) is 18.4 Å². The highest BCUT2D eigenvalue weighted by atomic mass is 15.2. The van der Waals surface area contributed by atoms with Crippen molar-refractivity contribution < 1.29 is 0 Å². The normalized spacial score (nSPS) is 20.4. The van der Waals surface area contributed by atoms with Crippen LogP contribution < -0.4 is 10.6 Å². The maximum Gasteiger partial charge on any atom is 0.101 e. The van der Waals surface area contributed by atoms with Crippen LogP contribution in [-0.2, 0) is 0 Å². The molecule has 0 aromatic heterocycles. The van der Waals surface area contributed by atoms with Gasteiger partial charge in [0.1, 0.15) is 6.07 Å². The van der Waals surface area contributed by atoms with E-state index in [9.17, 15) is 0 Å². The maximum absolute atomic E-state index is 9.02. The van der Waals surface area contributed by atoms with Gasteiger partial charge in [0.25, 0.3) is 0 Å². The number of anilines is 2. The first-order chi connectivity index (χ1) is 8.63. The molecule has 18 heavy (non-hydrogen) atoms. The zero-order valence-electron chi connectivity index (χ0n) is 11.1. The third kappa shape index (κ3) is 2.41. The van der Waals surface area contributed by atoms with E-state index in [1.165, 1.54) is 12.8 Å². The van der Waals surface area contributed by atoms with Crippen LogP contribution in [0.4, 0.5) is 11.4 Å². The van der Waals surface area contributed by atoms with Crippen LogP contribution in [0.15, 0.2) is 18.2 Å². The van der Waals surface area contributed by atoms with E-state index in [1.54, 1.807) is 6.07 Å². The Hall–Kier alpha value is -1.73. The van der Waals surface area contributed by atoms with Crippen LogP contribution in [0.2, 0.25) is 0 Å². The third-order valence-corrected chi connectivity index (χ3v) is 3.73. The molecule has 0 amide bonds. The number of nitriles is 1. The van der Waals surface area contributed by atoms with Gasteiger partial charge in [0.2, 0.25) is 0 Å². The molecule has 4 heteroatoms. The van der Waals surface area contributed by atoms with Crippen LogP contribution in [0, 0.1) is 11.3 Å². The van der Waals surface area contributed by atoms with Crippen molar-refractivity contribution in [2.45, 2.75) is 18.9 Å². The fourth-order valence-electron chi connectivity index (χ4n) is 2.61. The van der Waals surface area contributed by atoms with E-state index in [4.69, 9.17) is 11.0 Å². The molecule has 0 bridgehead atoms. The lowest BCUT2D eigenvalue weighted by atomic mass is 10.0. The zero-order valence-corrected chi connectivity index (χ0v) is 11.1. The van der Waals surface area contributed by atoms with Crippen molar-refractivity contribution in [2.75, 3.05) is 37.8 Å². The summed E-state index contributed by atoms with van der Waals surface area (Å²) in [4.78, 5) is 4.56. The van der Waals surface area contributed by atoms with Crippen LogP contribution >= 0.6 is 0 Å². The van der Waals surface area contributed by atoms with Crippen molar-refractivity contribution in [1.82, 2.24) is 4.90 Å². The number of benzene rings is 1. The second-order valence-corrected chi connectivity index (χ2v) is 5.02. The highest BCUT2D eigenvalue weighted by Gasteiger charge is 2.22. The van der Waals surface area contributed by atoms with Gasteiger partial charge >= 0.3 is 0 Å². The van der Waals surface area contributed by atoms with E-state index < -0.39 is 0 Å². The van der Waals surface area contributed by atoms with Crippen molar-refractivity contribution in [3.8, 4) is 6.07 Å². The first-order valence-electron chi connectivity index (χ1n) is 6.33. The van der Waals surface area contributed by atoms with E-state index >= 15 is 0 Å². The molecule has 1 fully saturated rings. The van der Waals surface area contributed by atoms with Crippen molar-refractivity contribution in [1.29, 1.82) is 5.26 Å². The van der Waals surface area contributed by atoms with Crippen molar-refractivity contribution in [3.05, 3.63) is 23.8 Å². The fraction of sp³-hybridized carbons (Fsp3) is 0.500. The first kappa shape index (κ1) is 12.7. The van der Waals surface area contributed by atoms with E-state index in [0.717, 1.165) is 18.8 Å². The van der Waals surface area contributed by atoms with Gasteiger partial charge in [-0.3, -0.25) is 0 Å². The van der Waals surface area contributed by atoms with Crippen LogP contribution in [0.5, 0.6) is 0 Å². The average molecular weight is 244 g/mol. The Bertz CT molecular complexity index is 463. The number of likely N-dealkylation sites (tertiary alicyclic amines) is 1. The Morgan fingerprint density at radius 3 is 2.94 bits per heavy atom. The number of nitrogens with zero attached hydrogens (tertiary/aromatic N) is 3. The van der Waals surface area contributed by atoms with E-state index in [0.29, 0.717) is 17.3 Å². The van der Waals surface area contributed by atoms with Crippen molar-refractivity contribution in [3.63, 3.8) is 0 Å². The van der Waals surface area contributed by atoms with Gasteiger partial charge in [-0.1, -0.05) is 6.07 Å². The molecule has 1 unspecified atom stereocenters. The Morgan fingerprint density at radius 1 is 1.50 bits per heavy atom. The van der Waals surface area contributed by atoms with Gasteiger partial charge in [-0.2, -0.15) is 5.26 Å². The summed E-state index contributed by atoms with van der Waals surface area (Å²) in [5.74, 6) is 0. The molecule has 0 radical (unpaired) electrons. The standard InChI is InChI=1S/C14H20N4/c1-17-8-4-6-12(10-17)18(2)13-7-3-5-11(9-15)14(13)16/h3,5,7,12H,4,6,8,10,16H2,1-2H3. The lowest BCUT2D eigenvalue weighted by Gasteiger charge is -2.37. The monoisotopic (exact) mass is 244 g/mol. The van der Waals surface area contributed by atoms with E-state index in [2.05, 4.69) is 30.0 Å². The molecule has 1 atom stereocenters.